The van der Waals surface area contributed by atoms with Gasteiger partial charge >= 0.3 is 5.97 Å². The number of carbonyl (C=O) groups is 2. The van der Waals surface area contributed by atoms with Gasteiger partial charge in [-0.25, -0.2) is 8.78 Å². The molecule has 5 nitrogen and oxygen atoms in total. The van der Waals surface area contributed by atoms with Gasteiger partial charge in [0, 0.05) is 25.1 Å². The molecular weight excluding hydrogens is 464 g/mol. The van der Waals surface area contributed by atoms with E-state index in [-0.39, 0.29) is 36.9 Å². The minimum Gasteiger partial charge on any atom is -0.496 e. The van der Waals surface area contributed by atoms with Crippen LogP contribution in [-0.4, -0.2) is 35.5 Å². The molecule has 0 radical (unpaired) electrons. The van der Waals surface area contributed by atoms with E-state index in [0.717, 1.165) is 5.56 Å². The number of nitrogens with zero attached hydrogens (tertiary/aromatic N) is 1. The predicted octanol–water partition coefficient (Wildman–Crippen LogP) is 5.52. The van der Waals surface area contributed by atoms with Crippen molar-refractivity contribution in [3.63, 3.8) is 0 Å². The van der Waals surface area contributed by atoms with Crippen molar-refractivity contribution in [1.82, 2.24) is 4.90 Å². The highest BCUT2D eigenvalue weighted by Gasteiger charge is 2.31. The van der Waals surface area contributed by atoms with Crippen molar-refractivity contribution < 1.29 is 28.2 Å². The summed E-state index contributed by atoms with van der Waals surface area (Å²) in [7, 11) is 1.53. The summed E-state index contributed by atoms with van der Waals surface area (Å²) in [6, 6.07) is 14.4. The van der Waals surface area contributed by atoms with Crippen molar-refractivity contribution in [2.24, 2.45) is 0 Å². The monoisotopic (exact) mass is 493 g/mol. The predicted molar refractivity (Wildman–Crippen MR) is 133 cm³/mol. The van der Waals surface area contributed by atoms with Crippen LogP contribution in [0, 0.1) is 11.6 Å². The van der Waals surface area contributed by atoms with E-state index in [2.05, 4.69) is 0 Å². The number of hydrogen-bond acceptors (Lipinski definition) is 3. The van der Waals surface area contributed by atoms with Gasteiger partial charge < -0.3 is 14.7 Å². The molecule has 1 N–H and O–H groups in total. The second-order valence-electron chi connectivity index (χ2n) is 9.79. The van der Waals surface area contributed by atoms with E-state index in [1.165, 1.54) is 25.3 Å². The zero-order valence-electron chi connectivity index (χ0n) is 20.6. The Kier molecular flexibility index (Phi) is 7.11. The van der Waals surface area contributed by atoms with E-state index < -0.39 is 11.4 Å². The van der Waals surface area contributed by atoms with Gasteiger partial charge in [-0.1, -0.05) is 38.1 Å². The summed E-state index contributed by atoms with van der Waals surface area (Å²) in [5.41, 5.74) is 3.58. The first kappa shape index (κ1) is 25.4. The molecule has 0 bridgehead atoms. The summed E-state index contributed by atoms with van der Waals surface area (Å²) in [6.45, 7) is 4.51. The van der Waals surface area contributed by atoms with Gasteiger partial charge in [0.15, 0.2) is 0 Å². The number of fused-ring (bicyclic) bond motifs is 1. The average molecular weight is 494 g/mol. The number of rotatable bonds is 7. The van der Waals surface area contributed by atoms with E-state index in [1.807, 2.05) is 13.8 Å². The number of aliphatic carboxylic acids is 1. The lowest BCUT2D eigenvalue weighted by Crippen LogP contribution is -2.39. The summed E-state index contributed by atoms with van der Waals surface area (Å²) >= 11 is 0. The van der Waals surface area contributed by atoms with Gasteiger partial charge in [0.25, 0.3) is 0 Å². The lowest BCUT2D eigenvalue weighted by molar-refractivity contribution is -0.136. The van der Waals surface area contributed by atoms with Crippen molar-refractivity contribution in [2.45, 2.75) is 45.1 Å². The summed E-state index contributed by atoms with van der Waals surface area (Å²) in [4.78, 5) is 26.3. The second-order valence-corrected chi connectivity index (χ2v) is 9.79. The molecule has 0 unspecified atom stereocenters. The second kappa shape index (κ2) is 10.1. The van der Waals surface area contributed by atoms with Gasteiger partial charge in [0.2, 0.25) is 5.91 Å². The van der Waals surface area contributed by atoms with Crippen molar-refractivity contribution in [2.75, 3.05) is 13.7 Å². The number of carboxylic acids is 1. The van der Waals surface area contributed by atoms with E-state index in [4.69, 9.17) is 4.74 Å². The summed E-state index contributed by atoms with van der Waals surface area (Å²) in [6.07, 6.45) is 0.439. The highest BCUT2D eigenvalue weighted by molar-refractivity contribution is 5.81. The fraction of sp³-hybridized carbons (Fsp3) is 0.310. The van der Waals surface area contributed by atoms with Gasteiger partial charge in [-0.05, 0) is 70.0 Å². The maximum Gasteiger partial charge on any atom is 0.307 e. The average Bonchev–Trinajstić information content (AvgIpc) is 2.83. The Morgan fingerprint density at radius 2 is 1.72 bits per heavy atom. The Morgan fingerprint density at radius 3 is 2.39 bits per heavy atom. The van der Waals surface area contributed by atoms with Gasteiger partial charge in [-0.3, -0.25) is 9.59 Å². The first-order valence-corrected chi connectivity index (χ1v) is 11.8. The molecule has 1 aliphatic rings. The quantitative estimate of drug-likeness (QED) is 0.471. The lowest BCUT2D eigenvalue weighted by Gasteiger charge is -2.34. The molecule has 1 heterocycles. The fourth-order valence-electron chi connectivity index (χ4n) is 4.84. The molecule has 3 aromatic rings. The number of benzene rings is 3. The molecule has 0 aromatic heterocycles. The molecule has 0 atom stereocenters. The van der Waals surface area contributed by atoms with E-state index in [0.29, 0.717) is 46.5 Å². The van der Waals surface area contributed by atoms with Crippen LogP contribution in [0.3, 0.4) is 0 Å². The Balaban J connectivity index is 1.66. The van der Waals surface area contributed by atoms with E-state index in [9.17, 15) is 23.5 Å². The Labute approximate surface area is 209 Å². The maximum absolute atomic E-state index is 14.8. The molecule has 36 heavy (non-hydrogen) atoms. The van der Waals surface area contributed by atoms with Crippen LogP contribution < -0.4 is 4.74 Å². The molecular formula is C29H29F2NO4. The number of methoxy groups -OCH3 is 1. The SMILES string of the molecule is COc1ccc(CC(=O)O)cc1-c1ccc(F)c2c1CN(C(=O)CC(C)(C)c1ccc(F)cc1)CC2. The number of ether oxygens (including phenoxy) is 1. The van der Waals surface area contributed by atoms with Gasteiger partial charge in [-0.2, -0.15) is 0 Å². The molecule has 0 fully saturated rings. The number of amides is 1. The standard InChI is InChI=1S/C29H29F2NO4/c1-29(2,19-5-7-20(30)8-6-19)16-27(33)32-13-12-22-24(17-32)21(9-10-25(22)31)23-14-18(15-28(34)35)4-11-26(23)36-3/h4-11,14H,12-13,15-17H2,1-3H3,(H,34,35). The van der Waals surface area contributed by atoms with Crippen molar-refractivity contribution in [3.8, 4) is 16.9 Å². The van der Waals surface area contributed by atoms with Crippen LogP contribution in [-0.2, 0) is 34.4 Å². The first-order chi connectivity index (χ1) is 17.1. The number of hydrogen-bond donors (Lipinski definition) is 1. The van der Waals surface area contributed by atoms with E-state index in [1.54, 1.807) is 41.3 Å². The van der Waals surface area contributed by atoms with Crippen molar-refractivity contribution in [3.05, 3.63) is 88.5 Å². The fourth-order valence-corrected chi connectivity index (χ4v) is 4.84. The van der Waals surface area contributed by atoms with Gasteiger partial charge in [-0.15, -0.1) is 0 Å². The van der Waals surface area contributed by atoms with Crippen LogP contribution in [0.1, 0.15) is 42.5 Å². The van der Waals surface area contributed by atoms with Gasteiger partial charge in [0.05, 0.1) is 13.5 Å². The lowest BCUT2D eigenvalue weighted by atomic mass is 9.81. The normalized spacial score (nSPS) is 13.3. The zero-order valence-corrected chi connectivity index (χ0v) is 20.6. The summed E-state index contributed by atoms with van der Waals surface area (Å²) in [5.74, 6) is -1.14. The smallest absolute Gasteiger partial charge is 0.307 e. The molecule has 188 valence electrons. The molecule has 4 rings (SSSR count). The molecule has 0 spiro atoms. The minimum absolute atomic E-state index is 0.0724. The molecule has 0 saturated carbocycles. The van der Waals surface area contributed by atoms with Crippen LogP contribution in [0.5, 0.6) is 5.75 Å². The van der Waals surface area contributed by atoms with Crippen LogP contribution in [0.15, 0.2) is 54.6 Å². The van der Waals surface area contributed by atoms with Crippen LogP contribution in [0.4, 0.5) is 8.78 Å². The number of carboxylic acid groups (broad SMARTS) is 1. The summed E-state index contributed by atoms with van der Waals surface area (Å²) < 4.78 is 33.7. The van der Waals surface area contributed by atoms with Crippen LogP contribution in [0.25, 0.3) is 11.1 Å². The Hall–Kier alpha value is -3.74. The van der Waals surface area contributed by atoms with Crippen LogP contribution in [0.2, 0.25) is 0 Å². The third-order valence-electron chi connectivity index (χ3n) is 6.84. The Bertz CT molecular complexity index is 1300. The molecule has 1 aliphatic heterocycles. The van der Waals surface area contributed by atoms with Crippen LogP contribution >= 0.6 is 0 Å². The molecule has 1 amide bonds. The molecule has 3 aromatic carbocycles. The van der Waals surface area contributed by atoms with E-state index >= 15 is 0 Å². The van der Waals surface area contributed by atoms with Crippen molar-refractivity contribution in [1.29, 1.82) is 0 Å². The summed E-state index contributed by atoms with van der Waals surface area (Å²) in [5, 5.41) is 9.22. The minimum atomic E-state index is -0.951. The molecule has 0 aliphatic carbocycles. The maximum atomic E-state index is 14.8. The highest BCUT2D eigenvalue weighted by atomic mass is 19.1. The third-order valence-corrected chi connectivity index (χ3v) is 6.84. The zero-order chi connectivity index (χ0) is 26.0. The molecule has 7 heteroatoms. The van der Waals surface area contributed by atoms with Gasteiger partial charge in [0.1, 0.15) is 17.4 Å². The highest BCUT2D eigenvalue weighted by Crippen LogP contribution is 2.38. The number of halogens is 2. The number of carbonyl (C=O) groups excluding carboxylic acids is 1. The first-order valence-electron chi connectivity index (χ1n) is 11.8. The largest absolute Gasteiger partial charge is 0.496 e. The topological polar surface area (TPSA) is 66.8 Å². The molecule has 0 saturated heterocycles. The van der Waals surface area contributed by atoms with Crippen molar-refractivity contribution >= 4 is 11.9 Å². The Morgan fingerprint density at radius 1 is 1.00 bits per heavy atom. The third kappa shape index (κ3) is 5.25.